The van der Waals surface area contributed by atoms with Gasteiger partial charge in [-0.3, -0.25) is 14.5 Å². The molecule has 0 spiro atoms. The summed E-state index contributed by atoms with van der Waals surface area (Å²) in [4.78, 5) is 12.3. The van der Waals surface area contributed by atoms with Crippen LogP contribution in [-0.4, -0.2) is 27.2 Å². The van der Waals surface area contributed by atoms with Crippen LogP contribution in [0.15, 0.2) is 54.6 Å². The Bertz CT molecular complexity index is 962. The predicted octanol–water partition coefficient (Wildman–Crippen LogP) is 4.23. The normalized spacial score (nSPS) is 11.9. The van der Waals surface area contributed by atoms with E-state index in [4.69, 9.17) is 12.2 Å². The van der Waals surface area contributed by atoms with E-state index in [1.54, 1.807) is 0 Å². The highest BCUT2D eigenvalue weighted by Crippen LogP contribution is 2.19. The standard InChI is InChI=1S/C21H24N4OS/c1-15-7-6-10-18(13-15)20-23-24-21(27)25(20)12-11-19(26)22-14-16(2)17-8-4-3-5-9-17/h3-10,13,16H,11-12,14H2,1-2H3,(H,22,26)(H,24,27). The van der Waals surface area contributed by atoms with Crippen molar-refractivity contribution in [3.05, 3.63) is 70.5 Å². The molecule has 0 bridgehead atoms. The maximum atomic E-state index is 12.3. The molecule has 140 valence electrons. The number of nitrogens with one attached hydrogen (secondary N) is 2. The van der Waals surface area contributed by atoms with Crippen molar-refractivity contribution in [3.63, 3.8) is 0 Å². The van der Waals surface area contributed by atoms with Gasteiger partial charge in [0.05, 0.1) is 0 Å². The number of hydrogen-bond acceptors (Lipinski definition) is 3. The molecule has 0 radical (unpaired) electrons. The Labute approximate surface area is 164 Å². The van der Waals surface area contributed by atoms with Crippen LogP contribution in [0.1, 0.15) is 30.4 Å². The van der Waals surface area contributed by atoms with E-state index in [1.807, 2.05) is 47.9 Å². The molecule has 5 nitrogen and oxygen atoms in total. The Morgan fingerprint density at radius 3 is 2.74 bits per heavy atom. The lowest BCUT2D eigenvalue weighted by atomic mass is 10.0. The van der Waals surface area contributed by atoms with Gasteiger partial charge in [0.25, 0.3) is 0 Å². The van der Waals surface area contributed by atoms with Gasteiger partial charge in [-0.1, -0.05) is 61.0 Å². The Kier molecular flexibility index (Phi) is 6.19. The van der Waals surface area contributed by atoms with Crippen molar-refractivity contribution in [2.24, 2.45) is 0 Å². The van der Waals surface area contributed by atoms with E-state index in [0.29, 0.717) is 24.3 Å². The summed E-state index contributed by atoms with van der Waals surface area (Å²) in [6, 6.07) is 18.3. The van der Waals surface area contributed by atoms with Gasteiger partial charge >= 0.3 is 0 Å². The van der Waals surface area contributed by atoms with Gasteiger partial charge in [0, 0.05) is 25.1 Å². The van der Waals surface area contributed by atoms with Crippen LogP contribution in [0.4, 0.5) is 0 Å². The fourth-order valence-electron chi connectivity index (χ4n) is 3.00. The highest BCUT2D eigenvalue weighted by atomic mass is 32.1. The van der Waals surface area contributed by atoms with Gasteiger partial charge < -0.3 is 5.32 Å². The maximum Gasteiger partial charge on any atom is 0.221 e. The van der Waals surface area contributed by atoms with Crippen LogP contribution >= 0.6 is 12.2 Å². The van der Waals surface area contributed by atoms with Crippen LogP contribution < -0.4 is 5.32 Å². The summed E-state index contributed by atoms with van der Waals surface area (Å²) in [6.07, 6.45) is 0.355. The Hall–Kier alpha value is -2.73. The molecule has 1 amide bonds. The van der Waals surface area contributed by atoms with Crippen LogP contribution in [-0.2, 0) is 11.3 Å². The molecule has 1 heterocycles. The number of carbonyl (C=O) groups is 1. The molecule has 0 aliphatic heterocycles. The molecule has 27 heavy (non-hydrogen) atoms. The molecule has 1 aromatic heterocycles. The van der Waals surface area contributed by atoms with Crippen LogP contribution in [0.25, 0.3) is 11.4 Å². The van der Waals surface area contributed by atoms with E-state index in [2.05, 4.69) is 40.6 Å². The minimum Gasteiger partial charge on any atom is -0.355 e. The zero-order valence-electron chi connectivity index (χ0n) is 15.6. The molecule has 0 fully saturated rings. The Balaban J connectivity index is 1.59. The van der Waals surface area contributed by atoms with E-state index in [-0.39, 0.29) is 11.8 Å². The maximum absolute atomic E-state index is 12.3. The number of benzene rings is 2. The second-order valence-corrected chi connectivity index (χ2v) is 7.13. The number of H-pyrrole nitrogens is 1. The quantitative estimate of drug-likeness (QED) is 0.603. The van der Waals surface area contributed by atoms with Gasteiger partial charge in [0.15, 0.2) is 10.6 Å². The first-order chi connectivity index (χ1) is 13.0. The molecule has 3 aromatic rings. The SMILES string of the molecule is Cc1cccc(-c2n[nH]c(=S)n2CCC(=O)NCC(C)c2ccccc2)c1. The molecule has 1 unspecified atom stereocenters. The zero-order chi connectivity index (χ0) is 19.2. The molecule has 0 saturated heterocycles. The van der Waals surface area contributed by atoms with Crippen molar-refractivity contribution in [2.45, 2.75) is 32.7 Å². The largest absolute Gasteiger partial charge is 0.355 e. The molecule has 0 saturated carbocycles. The number of hydrogen-bond donors (Lipinski definition) is 2. The van der Waals surface area contributed by atoms with Crippen molar-refractivity contribution in [2.75, 3.05) is 6.54 Å². The molecule has 2 aromatic carbocycles. The van der Waals surface area contributed by atoms with E-state index < -0.39 is 0 Å². The third-order valence-electron chi connectivity index (χ3n) is 4.57. The van der Waals surface area contributed by atoms with Crippen LogP contribution in [0.2, 0.25) is 0 Å². The first-order valence-electron chi connectivity index (χ1n) is 9.08. The predicted molar refractivity (Wildman–Crippen MR) is 110 cm³/mol. The third-order valence-corrected chi connectivity index (χ3v) is 4.88. The molecular formula is C21H24N4OS. The smallest absolute Gasteiger partial charge is 0.221 e. The fourth-order valence-corrected chi connectivity index (χ4v) is 3.22. The summed E-state index contributed by atoms with van der Waals surface area (Å²) >= 11 is 5.34. The number of amides is 1. The van der Waals surface area contributed by atoms with Crippen molar-refractivity contribution < 1.29 is 4.79 Å². The lowest BCUT2D eigenvalue weighted by Gasteiger charge is -2.13. The van der Waals surface area contributed by atoms with E-state index >= 15 is 0 Å². The minimum atomic E-state index is 0.0103. The number of aromatic nitrogens is 3. The molecule has 1 atom stereocenters. The van der Waals surface area contributed by atoms with E-state index in [0.717, 1.165) is 17.0 Å². The molecule has 6 heteroatoms. The molecular weight excluding hydrogens is 356 g/mol. The molecule has 0 aliphatic carbocycles. The van der Waals surface area contributed by atoms with Gasteiger partial charge in [0.2, 0.25) is 5.91 Å². The second-order valence-electron chi connectivity index (χ2n) is 6.74. The Morgan fingerprint density at radius 2 is 2.00 bits per heavy atom. The summed E-state index contributed by atoms with van der Waals surface area (Å²) < 4.78 is 2.40. The second kappa shape index (κ2) is 8.77. The highest BCUT2D eigenvalue weighted by molar-refractivity contribution is 7.71. The lowest BCUT2D eigenvalue weighted by molar-refractivity contribution is -0.121. The van der Waals surface area contributed by atoms with E-state index in [9.17, 15) is 4.79 Å². The zero-order valence-corrected chi connectivity index (χ0v) is 16.4. The fraction of sp³-hybridized carbons (Fsp3) is 0.286. The average Bonchev–Trinajstić information content (AvgIpc) is 3.05. The van der Waals surface area contributed by atoms with Gasteiger partial charge in [-0.25, -0.2) is 0 Å². The topological polar surface area (TPSA) is 62.7 Å². The van der Waals surface area contributed by atoms with Gasteiger partial charge in [-0.2, -0.15) is 5.10 Å². The summed E-state index contributed by atoms with van der Waals surface area (Å²) in [7, 11) is 0. The number of aromatic amines is 1. The summed E-state index contributed by atoms with van der Waals surface area (Å²) in [5.41, 5.74) is 3.36. The number of carbonyl (C=O) groups excluding carboxylic acids is 1. The van der Waals surface area contributed by atoms with Gasteiger partial charge in [-0.15, -0.1) is 0 Å². The molecule has 0 aliphatic rings. The van der Waals surface area contributed by atoms with Crippen LogP contribution in [0.5, 0.6) is 0 Å². The van der Waals surface area contributed by atoms with Crippen molar-refractivity contribution in [3.8, 4) is 11.4 Å². The molecule has 2 N–H and O–H groups in total. The monoisotopic (exact) mass is 380 g/mol. The summed E-state index contributed by atoms with van der Waals surface area (Å²) in [5.74, 6) is 1.04. The van der Waals surface area contributed by atoms with E-state index in [1.165, 1.54) is 5.56 Å². The third kappa shape index (κ3) is 4.92. The molecule has 3 rings (SSSR count). The highest BCUT2D eigenvalue weighted by Gasteiger charge is 2.12. The van der Waals surface area contributed by atoms with Crippen LogP contribution in [0.3, 0.4) is 0 Å². The van der Waals surface area contributed by atoms with Crippen molar-refractivity contribution in [1.29, 1.82) is 0 Å². The summed E-state index contributed by atoms with van der Waals surface area (Å²) in [6.45, 7) is 5.25. The number of rotatable bonds is 7. The summed E-state index contributed by atoms with van der Waals surface area (Å²) in [5, 5.41) is 10.2. The van der Waals surface area contributed by atoms with Gasteiger partial charge in [0.1, 0.15) is 0 Å². The number of nitrogens with zero attached hydrogens (tertiary/aromatic N) is 2. The lowest BCUT2D eigenvalue weighted by Crippen LogP contribution is -2.28. The van der Waals surface area contributed by atoms with Gasteiger partial charge in [-0.05, 0) is 36.7 Å². The minimum absolute atomic E-state index is 0.0103. The van der Waals surface area contributed by atoms with Crippen molar-refractivity contribution in [1.82, 2.24) is 20.1 Å². The van der Waals surface area contributed by atoms with Crippen molar-refractivity contribution >= 4 is 18.1 Å². The number of aryl methyl sites for hydroxylation is 1. The van der Waals surface area contributed by atoms with Crippen LogP contribution in [0, 0.1) is 11.7 Å². The Morgan fingerprint density at radius 1 is 1.22 bits per heavy atom. The first-order valence-corrected chi connectivity index (χ1v) is 9.49. The average molecular weight is 381 g/mol. The first kappa shape index (κ1) is 19.0.